The van der Waals surface area contributed by atoms with Gasteiger partial charge in [-0.05, 0) is 18.9 Å². The molecule has 1 nitrogen and oxygen atoms in total. The molecule has 0 spiro atoms. The Bertz CT molecular complexity index is 133. The van der Waals surface area contributed by atoms with E-state index in [1.807, 2.05) is 6.08 Å². The van der Waals surface area contributed by atoms with Gasteiger partial charge in [0.2, 0.25) is 0 Å². The predicted molar refractivity (Wildman–Crippen MR) is 35.5 cm³/mol. The zero-order valence-corrected chi connectivity index (χ0v) is 5.20. The van der Waals surface area contributed by atoms with Gasteiger partial charge < -0.3 is 5.32 Å². The van der Waals surface area contributed by atoms with Crippen LogP contribution in [0.25, 0.3) is 0 Å². The molecule has 0 saturated heterocycles. The van der Waals surface area contributed by atoms with Gasteiger partial charge in [0.1, 0.15) is 0 Å². The molecule has 0 saturated carbocycles. The van der Waals surface area contributed by atoms with Crippen molar-refractivity contribution >= 4 is 0 Å². The zero-order chi connectivity index (χ0) is 5.98. The second-order valence-electron chi connectivity index (χ2n) is 2.03. The number of nitrogens with one attached hydrogen (secondary N) is 1. The Morgan fingerprint density at radius 3 is 2.75 bits per heavy atom. The maximum Gasteiger partial charge on any atom is 0.0185 e. The average molecular weight is 109 g/mol. The minimum Gasteiger partial charge on any atom is -0.388 e. The summed E-state index contributed by atoms with van der Waals surface area (Å²) < 4.78 is 0. The van der Waals surface area contributed by atoms with Gasteiger partial charge in [-0.15, -0.1) is 0 Å². The van der Waals surface area contributed by atoms with Crippen LogP contribution in [0.2, 0.25) is 0 Å². The van der Waals surface area contributed by atoms with E-state index in [9.17, 15) is 0 Å². The highest BCUT2D eigenvalue weighted by molar-refractivity contribution is 5.25. The third-order valence-electron chi connectivity index (χ3n) is 1.51. The van der Waals surface area contributed by atoms with Gasteiger partial charge in [0.25, 0.3) is 0 Å². The minimum atomic E-state index is 1.09. The van der Waals surface area contributed by atoms with Crippen molar-refractivity contribution in [1.82, 2.24) is 5.32 Å². The lowest BCUT2D eigenvalue weighted by Crippen LogP contribution is -2.03. The number of hydrogen-bond acceptors (Lipinski definition) is 1. The van der Waals surface area contributed by atoms with E-state index in [1.165, 1.54) is 11.3 Å². The highest BCUT2D eigenvalue weighted by atomic mass is 14.9. The Labute approximate surface area is 50.1 Å². The van der Waals surface area contributed by atoms with Crippen LogP contribution in [-0.2, 0) is 0 Å². The van der Waals surface area contributed by atoms with Gasteiger partial charge in [-0.3, -0.25) is 0 Å². The molecule has 0 aromatic carbocycles. The van der Waals surface area contributed by atoms with E-state index < -0.39 is 0 Å². The first kappa shape index (κ1) is 5.42. The summed E-state index contributed by atoms with van der Waals surface area (Å²) in [6.07, 6.45) is 3.07. The topological polar surface area (TPSA) is 12.0 Å². The van der Waals surface area contributed by atoms with Crippen molar-refractivity contribution < 1.29 is 0 Å². The van der Waals surface area contributed by atoms with E-state index in [0.29, 0.717) is 0 Å². The highest BCUT2D eigenvalue weighted by Crippen LogP contribution is 2.12. The van der Waals surface area contributed by atoms with Crippen molar-refractivity contribution in [3.8, 4) is 0 Å². The van der Waals surface area contributed by atoms with Gasteiger partial charge in [-0.2, -0.15) is 0 Å². The van der Waals surface area contributed by atoms with Crippen molar-refractivity contribution in [2.24, 2.45) is 0 Å². The molecule has 0 aliphatic carbocycles. The fourth-order valence-corrected chi connectivity index (χ4v) is 0.941. The third-order valence-corrected chi connectivity index (χ3v) is 1.51. The molecule has 0 bridgehead atoms. The summed E-state index contributed by atoms with van der Waals surface area (Å²) in [5.41, 5.74) is 2.66. The minimum absolute atomic E-state index is 1.09. The summed E-state index contributed by atoms with van der Waals surface area (Å²) >= 11 is 0. The molecule has 0 fully saturated rings. The molecule has 0 aromatic heterocycles. The maximum atomic E-state index is 3.70. The first-order chi connectivity index (χ1) is 3.84. The molecule has 1 aliphatic heterocycles. The van der Waals surface area contributed by atoms with Crippen LogP contribution in [0.4, 0.5) is 0 Å². The second-order valence-corrected chi connectivity index (χ2v) is 2.03. The van der Waals surface area contributed by atoms with Gasteiger partial charge in [0.15, 0.2) is 0 Å². The summed E-state index contributed by atoms with van der Waals surface area (Å²) in [4.78, 5) is 0. The van der Waals surface area contributed by atoms with E-state index in [2.05, 4.69) is 18.8 Å². The summed E-state index contributed by atoms with van der Waals surface area (Å²) in [5.74, 6) is 0. The molecule has 0 aromatic rings. The summed E-state index contributed by atoms with van der Waals surface area (Å²) in [6.45, 7) is 6.87. The molecule has 44 valence electrons. The molecule has 1 N–H and O–H groups in total. The summed E-state index contributed by atoms with van der Waals surface area (Å²) in [5, 5.41) is 3.23. The van der Waals surface area contributed by atoms with Crippen LogP contribution in [0.15, 0.2) is 23.9 Å². The highest BCUT2D eigenvalue weighted by Gasteiger charge is 2.04. The van der Waals surface area contributed by atoms with Crippen LogP contribution in [-0.4, -0.2) is 6.54 Å². The molecular formula is C7H11N. The first-order valence-corrected chi connectivity index (χ1v) is 2.90. The Hall–Kier alpha value is -0.720. The molecule has 1 rings (SSSR count). The van der Waals surface area contributed by atoms with Crippen LogP contribution in [0.1, 0.15) is 13.3 Å². The second kappa shape index (κ2) is 2.03. The first-order valence-electron chi connectivity index (χ1n) is 2.90. The van der Waals surface area contributed by atoms with Crippen LogP contribution >= 0.6 is 0 Å². The van der Waals surface area contributed by atoms with Crippen molar-refractivity contribution in [3.63, 3.8) is 0 Å². The number of allylic oxidation sites excluding steroid dienone is 2. The van der Waals surface area contributed by atoms with Gasteiger partial charge >= 0.3 is 0 Å². The molecule has 8 heavy (non-hydrogen) atoms. The zero-order valence-electron chi connectivity index (χ0n) is 5.20. The SMILES string of the molecule is C=CC1=C(C)NCC1. The molecule has 0 amide bonds. The molecule has 1 aliphatic rings. The molecule has 0 unspecified atom stereocenters. The predicted octanol–water partition coefficient (Wildman–Crippen LogP) is 1.44. The fraction of sp³-hybridized carbons (Fsp3) is 0.429. The molecule has 1 heterocycles. The van der Waals surface area contributed by atoms with E-state index in [0.717, 1.165) is 13.0 Å². The van der Waals surface area contributed by atoms with Gasteiger partial charge in [-0.25, -0.2) is 0 Å². The van der Waals surface area contributed by atoms with Crippen LogP contribution in [0, 0.1) is 0 Å². The van der Waals surface area contributed by atoms with Crippen molar-refractivity contribution in [2.45, 2.75) is 13.3 Å². The van der Waals surface area contributed by atoms with E-state index >= 15 is 0 Å². The standard InChI is InChI=1S/C7H11N/c1-3-7-4-5-8-6(7)2/h3,8H,1,4-5H2,2H3. The average Bonchev–Trinajstić information content (AvgIpc) is 2.14. The Morgan fingerprint density at radius 1 is 1.75 bits per heavy atom. The summed E-state index contributed by atoms with van der Waals surface area (Å²) in [6, 6.07) is 0. The number of hydrogen-bond donors (Lipinski definition) is 1. The van der Waals surface area contributed by atoms with Gasteiger partial charge in [0, 0.05) is 12.2 Å². The van der Waals surface area contributed by atoms with Gasteiger partial charge in [0.05, 0.1) is 0 Å². The lowest BCUT2D eigenvalue weighted by molar-refractivity contribution is 0.874. The van der Waals surface area contributed by atoms with E-state index in [4.69, 9.17) is 0 Å². The monoisotopic (exact) mass is 109 g/mol. The molecular weight excluding hydrogens is 98.1 g/mol. The van der Waals surface area contributed by atoms with Crippen LogP contribution < -0.4 is 5.32 Å². The van der Waals surface area contributed by atoms with E-state index in [-0.39, 0.29) is 0 Å². The quantitative estimate of drug-likeness (QED) is 0.537. The Balaban J connectivity index is 2.72. The Kier molecular flexibility index (Phi) is 1.38. The third kappa shape index (κ3) is 0.760. The summed E-state index contributed by atoms with van der Waals surface area (Å²) in [7, 11) is 0. The fourth-order valence-electron chi connectivity index (χ4n) is 0.941. The largest absolute Gasteiger partial charge is 0.388 e. The van der Waals surface area contributed by atoms with Crippen molar-refractivity contribution in [2.75, 3.05) is 6.54 Å². The maximum absolute atomic E-state index is 3.70. The van der Waals surface area contributed by atoms with Crippen molar-refractivity contribution in [1.29, 1.82) is 0 Å². The van der Waals surface area contributed by atoms with Crippen LogP contribution in [0.5, 0.6) is 0 Å². The number of rotatable bonds is 1. The van der Waals surface area contributed by atoms with E-state index in [1.54, 1.807) is 0 Å². The Morgan fingerprint density at radius 2 is 2.50 bits per heavy atom. The lowest BCUT2D eigenvalue weighted by atomic mass is 10.2. The van der Waals surface area contributed by atoms with Crippen molar-refractivity contribution in [3.05, 3.63) is 23.9 Å². The molecule has 1 heteroatoms. The smallest absolute Gasteiger partial charge is 0.0185 e. The van der Waals surface area contributed by atoms with Crippen LogP contribution in [0.3, 0.4) is 0 Å². The van der Waals surface area contributed by atoms with Gasteiger partial charge in [-0.1, -0.05) is 12.7 Å². The molecule has 0 atom stereocenters. The lowest BCUT2D eigenvalue weighted by Gasteiger charge is -1.91. The molecule has 0 radical (unpaired) electrons. The normalized spacial score (nSPS) is 18.6.